The maximum Gasteiger partial charge on any atom is 0.266 e. The molecule has 0 saturated carbocycles. The Morgan fingerprint density at radius 1 is 1.28 bits per heavy atom. The molecule has 2 aromatic rings. The Hall–Kier alpha value is -3.32. The number of furan rings is 1. The smallest absolute Gasteiger partial charge is 0.266 e. The molecule has 2 fully saturated rings. The molecule has 2 aliphatic rings. The SMILES string of the molecule is CN(C)C(=O)[C@@H]1CC[C@@H](CNC(=O)C2CCN(c3oc(-c4ccco4)nc3C#N)CC2)O1. The van der Waals surface area contributed by atoms with Gasteiger partial charge in [-0.1, -0.05) is 0 Å². The molecule has 4 rings (SSSR count). The fraction of sp³-hybridized carbons (Fsp3) is 0.545. The van der Waals surface area contributed by atoms with Crippen LogP contribution in [0.4, 0.5) is 5.88 Å². The molecular formula is C22H27N5O5. The van der Waals surface area contributed by atoms with Crippen molar-refractivity contribution in [2.24, 2.45) is 5.92 Å². The summed E-state index contributed by atoms with van der Waals surface area (Å²) in [5.74, 6) is 0.976. The molecule has 2 atom stereocenters. The van der Waals surface area contributed by atoms with E-state index in [2.05, 4.69) is 16.4 Å². The molecule has 10 heteroatoms. The Bertz CT molecular complexity index is 985. The van der Waals surface area contributed by atoms with E-state index in [0.717, 1.165) is 6.42 Å². The van der Waals surface area contributed by atoms with E-state index in [1.54, 1.807) is 26.2 Å². The molecule has 2 amide bonds. The number of nitriles is 1. The zero-order valence-electron chi connectivity index (χ0n) is 18.2. The quantitative estimate of drug-likeness (QED) is 0.719. The summed E-state index contributed by atoms with van der Waals surface area (Å²) in [5.41, 5.74) is 0.208. The number of oxazole rings is 1. The zero-order chi connectivity index (χ0) is 22.7. The number of carbonyl (C=O) groups is 2. The van der Waals surface area contributed by atoms with Crippen LogP contribution < -0.4 is 10.2 Å². The van der Waals surface area contributed by atoms with E-state index in [9.17, 15) is 14.9 Å². The largest absolute Gasteiger partial charge is 0.459 e. The zero-order valence-corrected chi connectivity index (χ0v) is 18.2. The number of rotatable bonds is 6. The van der Waals surface area contributed by atoms with Crippen molar-refractivity contribution in [3.8, 4) is 17.7 Å². The minimum atomic E-state index is -0.419. The third-order valence-electron chi connectivity index (χ3n) is 5.93. The maximum atomic E-state index is 12.6. The number of likely N-dealkylation sites (N-methyl/N-ethyl adjacent to an activating group) is 1. The van der Waals surface area contributed by atoms with Crippen molar-refractivity contribution in [1.82, 2.24) is 15.2 Å². The lowest BCUT2D eigenvalue weighted by Crippen LogP contribution is -2.43. The Morgan fingerprint density at radius 3 is 2.72 bits per heavy atom. The van der Waals surface area contributed by atoms with Gasteiger partial charge in [-0.15, -0.1) is 0 Å². The summed E-state index contributed by atoms with van der Waals surface area (Å²) in [5, 5.41) is 12.4. The molecule has 0 radical (unpaired) electrons. The molecule has 32 heavy (non-hydrogen) atoms. The second-order valence-corrected chi connectivity index (χ2v) is 8.33. The van der Waals surface area contributed by atoms with Gasteiger partial charge < -0.3 is 28.7 Å². The third kappa shape index (κ3) is 4.62. The van der Waals surface area contributed by atoms with Crippen LogP contribution in [-0.4, -0.2) is 67.6 Å². The minimum absolute atomic E-state index is 0.00927. The third-order valence-corrected chi connectivity index (χ3v) is 5.93. The number of ether oxygens (including phenoxy) is 1. The summed E-state index contributed by atoms with van der Waals surface area (Å²) in [6, 6.07) is 5.52. The first-order chi connectivity index (χ1) is 15.5. The van der Waals surface area contributed by atoms with Gasteiger partial charge in [0.15, 0.2) is 5.76 Å². The lowest BCUT2D eigenvalue weighted by molar-refractivity contribution is -0.140. The number of nitrogens with zero attached hydrogens (tertiary/aromatic N) is 4. The maximum absolute atomic E-state index is 12.6. The minimum Gasteiger partial charge on any atom is -0.459 e. The number of aromatic nitrogens is 1. The molecule has 2 aromatic heterocycles. The van der Waals surface area contributed by atoms with Gasteiger partial charge in [0.2, 0.25) is 17.5 Å². The van der Waals surface area contributed by atoms with Crippen LogP contribution in [0.3, 0.4) is 0 Å². The fourth-order valence-corrected chi connectivity index (χ4v) is 4.13. The molecule has 4 heterocycles. The van der Waals surface area contributed by atoms with Crippen molar-refractivity contribution in [2.45, 2.75) is 37.9 Å². The average Bonchev–Trinajstić information content (AvgIpc) is 3.57. The lowest BCUT2D eigenvalue weighted by Gasteiger charge is -2.31. The highest BCUT2D eigenvalue weighted by Crippen LogP contribution is 2.31. The number of nitrogens with one attached hydrogen (secondary N) is 1. The van der Waals surface area contributed by atoms with Crippen molar-refractivity contribution < 1.29 is 23.2 Å². The molecule has 0 unspecified atom stereocenters. The van der Waals surface area contributed by atoms with Gasteiger partial charge in [0, 0.05) is 39.6 Å². The van der Waals surface area contributed by atoms with Gasteiger partial charge in [0.25, 0.3) is 11.8 Å². The molecule has 0 spiro atoms. The number of hydrogen-bond acceptors (Lipinski definition) is 8. The van der Waals surface area contributed by atoms with Crippen molar-refractivity contribution >= 4 is 17.7 Å². The van der Waals surface area contributed by atoms with E-state index in [1.165, 1.54) is 11.2 Å². The second kappa shape index (κ2) is 9.44. The highest BCUT2D eigenvalue weighted by Gasteiger charge is 2.33. The van der Waals surface area contributed by atoms with E-state index in [-0.39, 0.29) is 35.4 Å². The van der Waals surface area contributed by atoms with Gasteiger partial charge >= 0.3 is 0 Å². The van der Waals surface area contributed by atoms with Crippen LogP contribution >= 0.6 is 0 Å². The Labute approximate surface area is 186 Å². The van der Waals surface area contributed by atoms with Gasteiger partial charge in [0.1, 0.15) is 12.2 Å². The van der Waals surface area contributed by atoms with Crippen LogP contribution in [-0.2, 0) is 14.3 Å². The first-order valence-corrected chi connectivity index (χ1v) is 10.8. The van der Waals surface area contributed by atoms with E-state index in [4.69, 9.17) is 13.6 Å². The van der Waals surface area contributed by atoms with Crippen LogP contribution in [0.1, 0.15) is 31.4 Å². The molecular weight excluding hydrogens is 414 g/mol. The summed E-state index contributed by atoms with van der Waals surface area (Å²) in [6.07, 6.45) is 3.67. The predicted molar refractivity (Wildman–Crippen MR) is 113 cm³/mol. The molecule has 10 nitrogen and oxygen atoms in total. The highest BCUT2D eigenvalue weighted by atomic mass is 16.5. The lowest BCUT2D eigenvalue weighted by atomic mass is 9.96. The summed E-state index contributed by atoms with van der Waals surface area (Å²) >= 11 is 0. The molecule has 1 N–H and O–H groups in total. The fourth-order valence-electron chi connectivity index (χ4n) is 4.13. The van der Waals surface area contributed by atoms with Gasteiger partial charge in [-0.3, -0.25) is 9.59 Å². The first kappa shape index (κ1) is 21.9. The van der Waals surface area contributed by atoms with Crippen molar-refractivity contribution in [1.29, 1.82) is 5.26 Å². The van der Waals surface area contributed by atoms with Crippen molar-refractivity contribution in [3.63, 3.8) is 0 Å². The topological polar surface area (TPSA) is 125 Å². The van der Waals surface area contributed by atoms with E-state index in [1.807, 2.05) is 4.90 Å². The van der Waals surface area contributed by atoms with Crippen LogP contribution in [0.2, 0.25) is 0 Å². The number of hydrogen-bond donors (Lipinski definition) is 1. The number of anilines is 1. The summed E-state index contributed by atoms with van der Waals surface area (Å²) in [7, 11) is 3.42. The van der Waals surface area contributed by atoms with E-state index < -0.39 is 6.10 Å². The number of carbonyl (C=O) groups excluding carboxylic acids is 2. The monoisotopic (exact) mass is 441 g/mol. The molecule has 2 aliphatic heterocycles. The van der Waals surface area contributed by atoms with Crippen LogP contribution in [0.15, 0.2) is 27.2 Å². The van der Waals surface area contributed by atoms with E-state index >= 15 is 0 Å². The molecule has 0 aromatic carbocycles. The second-order valence-electron chi connectivity index (χ2n) is 8.33. The van der Waals surface area contributed by atoms with Gasteiger partial charge in [-0.05, 0) is 37.8 Å². The number of amides is 2. The first-order valence-electron chi connectivity index (χ1n) is 10.8. The Morgan fingerprint density at radius 2 is 2.06 bits per heavy atom. The summed E-state index contributed by atoms with van der Waals surface area (Å²) in [4.78, 5) is 32.3. The van der Waals surface area contributed by atoms with Crippen LogP contribution in [0.25, 0.3) is 11.7 Å². The van der Waals surface area contributed by atoms with Gasteiger partial charge in [-0.2, -0.15) is 10.2 Å². The molecule has 0 aliphatic carbocycles. The molecule has 2 saturated heterocycles. The van der Waals surface area contributed by atoms with Crippen molar-refractivity contribution in [2.75, 3.05) is 38.6 Å². The molecule has 0 bridgehead atoms. The van der Waals surface area contributed by atoms with Gasteiger partial charge in [-0.25, -0.2) is 0 Å². The standard InChI is InChI=1S/C22H27N5O5/c1-26(2)21(29)18-6-5-15(31-18)13-24-19(28)14-7-9-27(10-8-14)22-16(12-23)25-20(32-22)17-4-3-11-30-17/h3-4,11,14-15,18H,5-10,13H2,1-2H3,(H,24,28)/t15-,18-/m0/s1. The summed E-state index contributed by atoms with van der Waals surface area (Å²) in [6.45, 7) is 1.57. The van der Waals surface area contributed by atoms with Crippen LogP contribution in [0, 0.1) is 17.2 Å². The Kier molecular flexibility index (Phi) is 6.46. The van der Waals surface area contributed by atoms with Crippen molar-refractivity contribution in [3.05, 3.63) is 24.1 Å². The normalized spacial score (nSPS) is 21.3. The van der Waals surface area contributed by atoms with E-state index in [0.29, 0.717) is 50.5 Å². The predicted octanol–water partition coefficient (Wildman–Crippen LogP) is 1.77. The average molecular weight is 441 g/mol. The summed E-state index contributed by atoms with van der Waals surface area (Å²) < 4.78 is 16.9. The van der Waals surface area contributed by atoms with Crippen LogP contribution in [0.5, 0.6) is 0 Å². The van der Waals surface area contributed by atoms with Gasteiger partial charge in [0.05, 0.1) is 12.4 Å². The number of piperidine rings is 1. The molecule has 170 valence electrons. The highest BCUT2D eigenvalue weighted by molar-refractivity contribution is 5.81. The Balaban J connectivity index is 1.27.